The molecule has 1 heterocycles. The predicted molar refractivity (Wildman–Crippen MR) is 139 cm³/mol. The zero-order valence-electron chi connectivity index (χ0n) is 19.5. The van der Waals surface area contributed by atoms with Crippen LogP contribution in [0.4, 0.5) is 13.2 Å². The van der Waals surface area contributed by atoms with Gasteiger partial charge in [0.15, 0.2) is 0 Å². The third-order valence-corrected chi connectivity index (χ3v) is 5.86. The third-order valence-electron chi connectivity index (χ3n) is 5.33. The summed E-state index contributed by atoms with van der Waals surface area (Å²) in [6.45, 7) is 0. The molecule has 186 valence electrons. The molecule has 0 atom stereocenters. The molecule has 0 N–H and O–H groups in total. The maximum absolute atomic E-state index is 14.4. The molecule has 0 aliphatic heterocycles. The topological polar surface area (TPSA) is 44.1 Å². The van der Waals surface area contributed by atoms with Crippen LogP contribution in [-0.4, -0.2) is 22.4 Å². The molecule has 0 saturated heterocycles. The molecule has 0 spiro atoms. The molecule has 0 aliphatic rings. The number of benzene rings is 4. The summed E-state index contributed by atoms with van der Waals surface area (Å²) in [6, 6.07) is 23.4. The van der Waals surface area contributed by atoms with E-state index in [0.29, 0.717) is 22.6 Å². The van der Waals surface area contributed by atoms with E-state index in [4.69, 9.17) is 4.74 Å². The zero-order chi connectivity index (χ0) is 26.4. The van der Waals surface area contributed by atoms with Gasteiger partial charge in [-0.3, -0.25) is 4.79 Å². The minimum Gasteiger partial charge on any atom is -0.496 e. The Hall–Kier alpha value is -4.17. The number of ether oxygens (including phenoxy) is 1. The van der Waals surface area contributed by atoms with Crippen molar-refractivity contribution in [3.63, 3.8) is 0 Å². The van der Waals surface area contributed by atoms with Gasteiger partial charge in [0.05, 0.1) is 12.7 Å². The van der Waals surface area contributed by atoms with Crippen molar-refractivity contribution in [1.82, 2.24) is 9.55 Å². The Morgan fingerprint density at radius 2 is 1.59 bits per heavy atom. The first-order valence-electron chi connectivity index (χ1n) is 11.0. The molecule has 0 amide bonds. The van der Waals surface area contributed by atoms with Crippen molar-refractivity contribution in [2.45, 2.75) is 0 Å². The van der Waals surface area contributed by atoms with Crippen molar-refractivity contribution in [3.8, 4) is 22.6 Å². The second-order valence-electron chi connectivity index (χ2n) is 7.81. The SMILES string of the molecule is COc1cccc(F)c1-c1cccc(-n2cnc(C(=O)c3cccc(F)c3)c2)c1.Fc1ccc(Br)cc1. The minimum absolute atomic E-state index is 0.185. The van der Waals surface area contributed by atoms with Gasteiger partial charge in [-0.1, -0.05) is 46.3 Å². The first kappa shape index (κ1) is 25.9. The Bertz CT molecular complexity index is 1510. The molecular formula is C29H20BrF3N2O2. The van der Waals surface area contributed by atoms with Crippen LogP contribution >= 0.6 is 15.9 Å². The van der Waals surface area contributed by atoms with Crippen molar-refractivity contribution < 1.29 is 22.7 Å². The van der Waals surface area contributed by atoms with Crippen molar-refractivity contribution in [2.75, 3.05) is 7.11 Å². The van der Waals surface area contributed by atoms with Crippen LogP contribution in [-0.2, 0) is 0 Å². The second kappa shape index (κ2) is 11.7. The maximum atomic E-state index is 14.4. The van der Waals surface area contributed by atoms with Crippen LogP contribution < -0.4 is 4.74 Å². The first-order chi connectivity index (χ1) is 17.9. The summed E-state index contributed by atoms with van der Waals surface area (Å²) in [7, 11) is 1.49. The largest absolute Gasteiger partial charge is 0.496 e. The van der Waals surface area contributed by atoms with E-state index in [0.717, 1.165) is 4.47 Å². The number of hydrogen-bond donors (Lipinski definition) is 0. The standard InChI is InChI=1S/C23H16F2N2O2.C6H4BrF/c1-29-21-10-4-9-19(25)22(21)15-5-3-8-18(12-15)27-13-20(26-14-27)23(28)16-6-2-7-17(24)11-16;7-5-1-3-6(8)4-2-5/h2-14H,1H3;1-4H. The molecule has 0 fully saturated rings. The predicted octanol–water partition coefficient (Wildman–Crippen LogP) is 7.65. The Morgan fingerprint density at radius 1 is 0.865 bits per heavy atom. The highest BCUT2D eigenvalue weighted by atomic mass is 79.9. The summed E-state index contributed by atoms with van der Waals surface area (Å²) in [5.74, 6) is -1.03. The number of halogens is 4. The normalized spacial score (nSPS) is 10.4. The van der Waals surface area contributed by atoms with Crippen LogP contribution in [0.5, 0.6) is 5.75 Å². The lowest BCUT2D eigenvalue weighted by Crippen LogP contribution is -2.02. The Balaban J connectivity index is 0.000000342. The van der Waals surface area contributed by atoms with Crippen LogP contribution in [0, 0.1) is 17.5 Å². The van der Waals surface area contributed by atoms with Crippen molar-refractivity contribution >= 4 is 21.7 Å². The van der Waals surface area contributed by atoms with E-state index in [2.05, 4.69) is 20.9 Å². The average Bonchev–Trinajstić information content (AvgIpc) is 3.41. The van der Waals surface area contributed by atoms with Gasteiger partial charge in [0, 0.05) is 21.9 Å². The molecule has 4 aromatic carbocycles. The highest BCUT2D eigenvalue weighted by molar-refractivity contribution is 9.10. The molecule has 37 heavy (non-hydrogen) atoms. The van der Waals surface area contributed by atoms with E-state index >= 15 is 0 Å². The van der Waals surface area contributed by atoms with Crippen molar-refractivity contribution in [2.24, 2.45) is 0 Å². The van der Waals surface area contributed by atoms with Crippen LogP contribution in [0.3, 0.4) is 0 Å². The van der Waals surface area contributed by atoms with Gasteiger partial charge in [-0.15, -0.1) is 0 Å². The van der Waals surface area contributed by atoms with Gasteiger partial charge in [-0.2, -0.15) is 0 Å². The lowest BCUT2D eigenvalue weighted by Gasteiger charge is -2.11. The minimum atomic E-state index is -0.484. The van der Waals surface area contributed by atoms with E-state index in [9.17, 15) is 18.0 Å². The number of methoxy groups -OCH3 is 1. The van der Waals surface area contributed by atoms with Crippen LogP contribution in [0.25, 0.3) is 16.8 Å². The van der Waals surface area contributed by atoms with Gasteiger partial charge >= 0.3 is 0 Å². The highest BCUT2D eigenvalue weighted by Crippen LogP contribution is 2.33. The van der Waals surface area contributed by atoms with Crippen molar-refractivity contribution in [3.05, 3.63) is 137 Å². The van der Waals surface area contributed by atoms with E-state index in [1.54, 1.807) is 53.2 Å². The number of nitrogens with zero attached hydrogens (tertiary/aromatic N) is 2. The van der Waals surface area contributed by atoms with Gasteiger partial charge in [0.2, 0.25) is 5.78 Å². The molecule has 0 unspecified atom stereocenters. The Morgan fingerprint density at radius 3 is 2.30 bits per heavy atom. The molecule has 5 rings (SSSR count). The number of aromatic nitrogens is 2. The zero-order valence-corrected chi connectivity index (χ0v) is 21.1. The van der Waals surface area contributed by atoms with Gasteiger partial charge in [-0.05, 0) is 66.2 Å². The van der Waals surface area contributed by atoms with Crippen molar-refractivity contribution in [1.29, 1.82) is 0 Å². The number of carbonyl (C=O) groups excluding carboxylic acids is 1. The summed E-state index contributed by atoms with van der Waals surface area (Å²) in [5.41, 5.74) is 2.08. The average molecular weight is 565 g/mol. The highest BCUT2D eigenvalue weighted by Gasteiger charge is 2.15. The summed E-state index contributed by atoms with van der Waals surface area (Å²) < 4.78 is 47.7. The van der Waals surface area contributed by atoms with Gasteiger partial charge in [0.1, 0.15) is 35.2 Å². The van der Waals surface area contributed by atoms with Gasteiger partial charge in [-0.25, -0.2) is 18.2 Å². The number of ketones is 1. The van der Waals surface area contributed by atoms with E-state index < -0.39 is 11.6 Å². The van der Waals surface area contributed by atoms with Gasteiger partial charge in [0.25, 0.3) is 0 Å². The maximum Gasteiger partial charge on any atom is 0.213 e. The van der Waals surface area contributed by atoms with E-state index in [1.807, 2.05) is 6.07 Å². The molecule has 8 heteroatoms. The number of hydrogen-bond acceptors (Lipinski definition) is 3. The molecule has 0 bridgehead atoms. The molecule has 0 saturated carbocycles. The van der Waals surface area contributed by atoms with Crippen LogP contribution in [0.15, 0.2) is 108 Å². The number of carbonyl (C=O) groups is 1. The Kier molecular flexibility index (Phi) is 8.20. The fourth-order valence-corrected chi connectivity index (χ4v) is 3.83. The molecule has 4 nitrogen and oxygen atoms in total. The molecular weight excluding hydrogens is 545 g/mol. The monoisotopic (exact) mass is 564 g/mol. The second-order valence-corrected chi connectivity index (χ2v) is 8.73. The smallest absolute Gasteiger partial charge is 0.213 e. The van der Waals surface area contributed by atoms with Gasteiger partial charge < -0.3 is 9.30 Å². The van der Waals surface area contributed by atoms with E-state index in [1.165, 1.54) is 55.9 Å². The summed E-state index contributed by atoms with van der Waals surface area (Å²) >= 11 is 3.18. The van der Waals surface area contributed by atoms with E-state index in [-0.39, 0.29) is 22.9 Å². The Labute approximate surface area is 220 Å². The third kappa shape index (κ3) is 6.34. The molecule has 1 aromatic heterocycles. The fourth-order valence-electron chi connectivity index (χ4n) is 3.57. The molecule has 0 aliphatic carbocycles. The number of imidazole rings is 1. The number of rotatable bonds is 5. The summed E-state index contributed by atoms with van der Waals surface area (Å²) in [5, 5.41) is 0. The first-order valence-corrected chi connectivity index (χ1v) is 11.8. The molecule has 0 radical (unpaired) electrons. The fraction of sp³-hybridized carbons (Fsp3) is 0.0345. The lowest BCUT2D eigenvalue weighted by molar-refractivity contribution is 0.103. The molecule has 5 aromatic rings. The lowest BCUT2D eigenvalue weighted by atomic mass is 10.0. The van der Waals surface area contributed by atoms with Crippen LogP contribution in [0.1, 0.15) is 16.1 Å². The summed E-state index contributed by atoms with van der Waals surface area (Å²) in [4.78, 5) is 16.7. The quantitative estimate of drug-likeness (QED) is 0.206. The van der Waals surface area contributed by atoms with Crippen LogP contribution in [0.2, 0.25) is 0 Å². The summed E-state index contributed by atoms with van der Waals surface area (Å²) in [6.07, 6.45) is 3.05.